The minimum atomic E-state index is -0.419. The number of non-ortho nitro benzene ring substituents is 1. The Hall–Kier alpha value is -2.73. The molecule has 6 heteroatoms. The maximum Gasteiger partial charge on any atom is 0.269 e. The SMILES string of the molecule is CN(C(=O)Cc1ccc([N+](=O)[O-])cc1)C1c2ccccc2CCC1N1CCCC1. The van der Waals surface area contributed by atoms with Crippen molar-refractivity contribution in [3.63, 3.8) is 0 Å². The third kappa shape index (κ3) is 4.03. The van der Waals surface area contributed by atoms with E-state index in [0.29, 0.717) is 6.04 Å². The number of hydrogen-bond acceptors (Lipinski definition) is 4. The van der Waals surface area contributed by atoms with Crippen molar-refractivity contribution in [3.05, 3.63) is 75.3 Å². The lowest BCUT2D eigenvalue weighted by molar-refractivity contribution is -0.384. The van der Waals surface area contributed by atoms with Gasteiger partial charge in [-0.2, -0.15) is 0 Å². The van der Waals surface area contributed by atoms with Crippen LogP contribution in [0.25, 0.3) is 0 Å². The predicted octanol–water partition coefficient (Wildman–Crippen LogP) is 3.75. The quantitative estimate of drug-likeness (QED) is 0.573. The minimum Gasteiger partial charge on any atom is -0.337 e. The Bertz CT molecular complexity index is 890. The molecular formula is C23H27N3O3. The molecule has 0 saturated carbocycles. The van der Waals surface area contributed by atoms with Crippen LogP contribution in [-0.2, 0) is 17.6 Å². The molecule has 2 aromatic rings. The van der Waals surface area contributed by atoms with Crippen LogP contribution in [0.4, 0.5) is 5.69 Å². The second-order valence-electron chi connectivity index (χ2n) is 8.10. The zero-order valence-electron chi connectivity index (χ0n) is 16.8. The topological polar surface area (TPSA) is 66.7 Å². The van der Waals surface area contributed by atoms with E-state index in [0.717, 1.165) is 31.5 Å². The Labute approximate surface area is 171 Å². The van der Waals surface area contributed by atoms with E-state index in [2.05, 4.69) is 29.2 Å². The van der Waals surface area contributed by atoms with Gasteiger partial charge in [-0.25, -0.2) is 0 Å². The lowest BCUT2D eigenvalue weighted by Crippen LogP contribution is -2.48. The van der Waals surface area contributed by atoms with E-state index in [1.165, 1.54) is 36.1 Å². The lowest BCUT2D eigenvalue weighted by atomic mass is 9.82. The van der Waals surface area contributed by atoms with E-state index in [9.17, 15) is 14.9 Å². The Balaban J connectivity index is 1.57. The van der Waals surface area contributed by atoms with Crippen LogP contribution in [0.5, 0.6) is 0 Å². The van der Waals surface area contributed by atoms with E-state index in [4.69, 9.17) is 0 Å². The van der Waals surface area contributed by atoms with Crippen LogP contribution < -0.4 is 0 Å². The van der Waals surface area contributed by atoms with Crippen molar-refractivity contribution in [3.8, 4) is 0 Å². The number of nitrogens with zero attached hydrogens (tertiary/aromatic N) is 3. The molecule has 0 bridgehead atoms. The highest BCUT2D eigenvalue weighted by atomic mass is 16.6. The van der Waals surface area contributed by atoms with Crippen molar-refractivity contribution < 1.29 is 9.72 Å². The van der Waals surface area contributed by atoms with Gasteiger partial charge in [-0.3, -0.25) is 19.8 Å². The summed E-state index contributed by atoms with van der Waals surface area (Å²) in [5, 5.41) is 10.9. The van der Waals surface area contributed by atoms with Gasteiger partial charge in [0.05, 0.1) is 17.4 Å². The number of likely N-dealkylation sites (tertiary alicyclic amines) is 1. The fourth-order valence-electron chi connectivity index (χ4n) is 4.83. The summed E-state index contributed by atoms with van der Waals surface area (Å²) in [5.74, 6) is 0.0461. The highest BCUT2D eigenvalue weighted by Gasteiger charge is 2.38. The molecule has 1 saturated heterocycles. The van der Waals surface area contributed by atoms with Crippen LogP contribution in [0.15, 0.2) is 48.5 Å². The van der Waals surface area contributed by atoms with Crippen LogP contribution in [0, 0.1) is 10.1 Å². The number of aryl methyl sites for hydroxylation is 1. The summed E-state index contributed by atoms with van der Waals surface area (Å²) in [7, 11) is 1.91. The smallest absolute Gasteiger partial charge is 0.269 e. The molecule has 0 radical (unpaired) electrons. The first-order valence-corrected chi connectivity index (χ1v) is 10.4. The van der Waals surface area contributed by atoms with E-state index in [1.54, 1.807) is 12.1 Å². The summed E-state index contributed by atoms with van der Waals surface area (Å²) in [5.41, 5.74) is 3.44. The molecule has 6 nitrogen and oxygen atoms in total. The van der Waals surface area contributed by atoms with Crippen molar-refractivity contribution in [1.29, 1.82) is 0 Å². The van der Waals surface area contributed by atoms with Crippen molar-refractivity contribution >= 4 is 11.6 Å². The zero-order valence-corrected chi connectivity index (χ0v) is 16.8. The van der Waals surface area contributed by atoms with Gasteiger partial charge >= 0.3 is 0 Å². The molecule has 1 aliphatic heterocycles. The number of rotatable bonds is 5. The second kappa shape index (κ2) is 8.33. The van der Waals surface area contributed by atoms with Gasteiger partial charge in [0.15, 0.2) is 0 Å². The van der Waals surface area contributed by atoms with Gasteiger partial charge in [0.1, 0.15) is 0 Å². The molecule has 0 N–H and O–H groups in total. The van der Waals surface area contributed by atoms with Crippen molar-refractivity contribution in [2.75, 3.05) is 20.1 Å². The number of carbonyl (C=O) groups excluding carboxylic acids is 1. The number of likely N-dealkylation sites (N-methyl/N-ethyl adjacent to an activating group) is 1. The summed E-state index contributed by atoms with van der Waals surface area (Å²) in [4.78, 5) is 28.1. The van der Waals surface area contributed by atoms with Gasteiger partial charge in [-0.05, 0) is 55.5 Å². The molecule has 0 aromatic heterocycles. The first kappa shape index (κ1) is 19.6. The average molecular weight is 393 g/mol. The van der Waals surface area contributed by atoms with Gasteiger partial charge in [0, 0.05) is 25.2 Å². The van der Waals surface area contributed by atoms with Gasteiger partial charge in [0.2, 0.25) is 5.91 Å². The van der Waals surface area contributed by atoms with E-state index in [1.807, 2.05) is 11.9 Å². The third-order valence-corrected chi connectivity index (χ3v) is 6.37. The first-order valence-electron chi connectivity index (χ1n) is 10.4. The number of nitro groups is 1. The number of benzene rings is 2. The third-order valence-electron chi connectivity index (χ3n) is 6.37. The summed E-state index contributed by atoms with van der Waals surface area (Å²) in [6.45, 7) is 2.21. The fraction of sp³-hybridized carbons (Fsp3) is 0.435. The summed E-state index contributed by atoms with van der Waals surface area (Å²) in [6, 6.07) is 15.2. The number of carbonyl (C=O) groups is 1. The summed E-state index contributed by atoms with van der Waals surface area (Å²) >= 11 is 0. The normalized spacial score (nSPS) is 21.6. The van der Waals surface area contributed by atoms with Gasteiger partial charge < -0.3 is 4.90 Å². The Morgan fingerprint density at radius 2 is 1.83 bits per heavy atom. The minimum absolute atomic E-state index is 0.0450. The molecule has 1 aliphatic carbocycles. The molecule has 1 heterocycles. The maximum absolute atomic E-state index is 13.2. The molecule has 2 aliphatic rings. The standard InChI is InChI=1S/C23H27N3O3/c1-24(22(27)16-17-8-11-19(12-9-17)26(28)29)23-20-7-3-2-6-18(20)10-13-21(23)25-14-4-5-15-25/h2-3,6-9,11-12,21,23H,4-5,10,13-16H2,1H3. The van der Waals surface area contributed by atoms with E-state index < -0.39 is 4.92 Å². The van der Waals surface area contributed by atoms with Gasteiger partial charge in [0.25, 0.3) is 5.69 Å². The van der Waals surface area contributed by atoms with Crippen molar-refractivity contribution in [2.45, 2.75) is 44.2 Å². The molecule has 1 amide bonds. The Kier molecular flexibility index (Phi) is 5.62. The summed E-state index contributed by atoms with van der Waals surface area (Å²) < 4.78 is 0. The monoisotopic (exact) mass is 393 g/mol. The maximum atomic E-state index is 13.2. The Morgan fingerprint density at radius 3 is 2.52 bits per heavy atom. The van der Waals surface area contributed by atoms with Crippen LogP contribution in [0.3, 0.4) is 0 Å². The van der Waals surface area contributed by atoms with Crippen molar-refractivity contribution in [1.82, 2.24) is 9.80 Å². The number of fused-ring (bicyclic) bond motifs is 1. The second-order valence-corrected chi connectivity index (χ2v) is 8.10. The average Bonchev–Trinajstić information content (AvgIpc) is 3.27. The van der Waals surface area contributed by atoms with Crippen LogP contribution >= 0.6 is 0 Å². The van der Waals surface area contributed by atoms with Gasteiger partial charge in [-0.15, -0.1) is 0 Å². The highest BCUT2D eigenvalue weighted by molar-refractivity contribution is 5.79. The number of amides is 1. The largest absolute Gasteiger partial charge is 0.337 e. The Morgan fingerprint density at radius 1 is 1.14 bits per heavy atom. The van der Waals surface area contributed by atoms with E-state index in [-0.39, 0.29) is 24.1 Å². The number of nitro benzene ring substituents is 1. The fourth-order valence-corrected chi connectivity index (χ4v) is 4.83. The first-order chi connectivity index (χ1) is 14.0. The van der Waals surface area contributed by atoms with Crippen LogP contribution in [0.1, 0.15) is 42.0 Å². The lowest BCUT2D eigenvalue weighted by Gasteiger charge is -2.43. The molecule has 0 spiro atoms. The van der Waals surface area contributed by atoms with Crippen molar-refractivity contribution in [2.24, 2.45) is 0 Å². The van der Waals surface area contributed by atoms with Gasteiger partial charge in [-0.1, -0.05) is 36.4 Å². The molecule has 2 atom stereocenters. The summed E-state index contributed by atoms with van der Waals surface area (Å²) in [6.07, 6.45) is 4.82. The molecule has 29 heavy (non-hydrogen) atoms. The molecule has 2 unspecified atom stereocenters. The molecular weight excluding hydrogens is 366 g/mol. The van der Waals surface area contributed by atoms with Crippen LogP contribution in [0.2, 0.25) is 0 Å². The molecule has 4 rings (SSSR count). The highest BCUT2D eigenvalue weighted by Crippen LogP contribution is 2.38. The van der Waals surface area contributed by atoms with Crippen LogP contribution in [-0.4, -0.2) is 46.8 Å². The molecule has 2 aromatic carbocycles. The van der Waals surface area contributed by atoms with E-state index >= 15 is 0 Å². The zero-order chi connectivity index (χ0) is 20.4. The molecule has 1 fully saturated rings. The predicted molar refractivity (Wildman–Crippen MR) is 112 cm³/mol. The number of hydrogen-bond donors (Lipinski definition) is 0. The molecule has 152 valence electrons.